The van der Waals surface area contributed by atoms with Gasteiger partial charge in [-0.25, -0.2) is 0 Å². The second kappa shape index (κ2) is 4.73. The summed E-state index contributed by atoms with van der Waals surface area (Å²) in [6.45, 7) is 0. The number of nitrogens with zero attached hydrogens (tertiary/aromatic N) is 2. The number of hydrogen-bond donors (Lipinski definition) is 0. The zero-order valence-electron chi connectivity index (χ0n) is 6.83. The third-order valence-electron chi connectivity index (χ3n) is 1.59. The van der Waals surface area contributed by atoms with Crippen LogP contribution in [0.2, 0.25) is 0 Å². The predicted molar refractivity (Wildman–Crippen MR) is 47.5 cm³/mol. The van der Waals surface area contributed by atoms with Crippen LogP contribution < -0.4 is 0 Å². The largest absolute Gasteiger partial charge is 2.00 e. The van der Waals surface area contributed by atoms with Crippen LogP contribution in [-0.4, -0.2) is 9.97 Å². The van der Waals surface area contributed by atoms with E-state index in [1.807, 2.05) is 36.4 Å². The molecule has 0 saturated heterocycles. The summed E-state index contributed by atoms with van der Waals surface area (Å²) in [6, 6.07) is 11.6. The molecule has 13 heavy (non-hydrogen) atoms. The maximum absolute atomic E-state index is 4.19. The van der Waals surface area contributed by atoms with Gasteiger partial charge in [-0.05, 0) is 24.3 Å². The number of hydrogen-bond acceptors (Lipinski definition) is 2. The van der Waals surface area contributed by atoms with Crippen molar-refractivity contribution in [3.8, 4) is 11.4 Å². The summed E-state index contributed by atoms with van der Waals surface area (Å²) < 4.78 is 0. The van der Waals surface area contributed by atoms with Crippen molar-refractivity contribution in [2.45, 2.75) is 0 Å². The smallest absolute Gasteiger partial charge is 0.255 e. The van der Waals surface area contributed by atoms with Gasteiger partial charge in [0.25, 0.3) is 0 Å². The van der Waals surface area contributed by atoms with E-state index < -0.39 is 0 Å². The third-order valence-corrected chi connectivity index (χ3v) is 1.59. The molecule has 0 aromatic carbocycles. The molecule has 2 aromatic rings. The molecule has 0 aliphatic heterocycles. The molecular weight excluding hydrogens is 207 g/mol. The van der Waals surface area contributed by atoms with E-state index in [1.54, 1.807) is 12.4 Å². The molecule has 0 unspecified atom stereocenters. The van der Waals surface area contributed by atoms with E-state index in [0.29, 0.717) is 0 Å². The molecule has 66 valence electrons. The van der Waals surface area contributed by atoms with E-state index in [4.69, 9.17) is 0 Å². The third kappa shape index (κ3) is 2.36. The van der Waals surface area contributed by atoms with Crippen LogP contribution in [0.4, 0.5) is 0 Å². The van der Waals surface area contributed by atoms with Crippen LogP contribution in [-0.2, 0) is 16.5 Å². The normalized spacial score (nSPS) is 8.92. The van der Waals surface area contributed by atoms with Crippen molar-refractivity contribution in [2.75, 3.05) is 0 Å². The average Bonchev–Trinajstić information content (AvgIpc) is 2.21. The fourth-order valence-corrected chi connectivity index (χ4v) is 1.03. The molecule has 0 amide bonds. The Balaban J connectivity index is 0.000000845. The standard InChI is InChI=1S/C10H8N2.Ni/c1-3-7-11-9(5-1)10-6-2-4-8-12-10;/h1-8H;/q;+2. The maximum atomic E-state index is 4.19. The van der Waals surface area contributed by atoms with Gasteiger partial charge >= 0.3 is 16.5 Å². The van der Waals surface area contributed by atoms with Gasteiger partial charge < -0.3 is 0 Å². The van der Waals surface area contributed by atoms with Crippen LogP contribution in [0.3, 0.4) is 0 Å². The first-order valence-electron chi connectivity index (χ1n) is 3.79. The number of rotatable bonds is 1. The Labute approximate surface area is 87.0 Å². The van der Waals surface area contributed by atoms with Gasteiger partial charge in [-0.2, -0.15) is 0 Å². The molecule has 0 fully saturated rings. The maximum Gasteiger partial charge on any atom is 2.00 e. The molecule has 0 N–H and O–H groups in total. The minimum absolute atomic E-state index is 0. The quantitative estimate of drug-likeness (QED) is 0.680. The Kier molecular flexibility index (Phi) is 3.59. The minimum Gasteiger partial charge on any atom is -0.255 e. The van der Waals surface area contributed by atoms with Gasteiger partial charge in [0.1, 0.15) is 0 Å². The molecule has 2 heterocycles. The van der Waals surface area contributed by atoms with Crippen LogP contribution in [0.15, 0.2) is 48.8 Å². The molecule has 3 heteroatoms. The molecule has 0 aliphatic rings. The van der Waals surface area contributed by atoms with E-state index in [1.165, 1.54) is 0 Å². The summed E-state index contributed by atoms with van der Waals surface area (Å²) in [5.74, 6) is 0. The zero-order chi connectivity index (χ0) is 8.23. The van der Waals surface area contributed by atoms with Crippen LogP contribution >= 0.6 is 0 Å². The predicted octanol–water partition coefficient (Wildman–Crippen LogP) is 2.14. The molecule has 0 radical (unpaired) electrons. The van der Waals surface area contributed by atoms with E-state index in [0.717, 1.165) is 11.4 Å². The molecule has 2 rings (SSSR count). The van der Waals surface area contributed by atoms with Crippen molar-refractivity contribution in [1.29, 1.82) is 0 Å². The van der Waals surface area contributed by atoms with E-state index >= 15 is 0 Å². The van der Waals surface area contributed by atoms with Crippen LogP contribution in [0.25, 0.3) is 11.4 Å². The van der Waals surface area contributed by atoms with Crippen LogP contribution in [0, 0.1) is 0 Å². The monoisotopic (exact) mass is 214 g/mol. The summed E-state index contributed by atoms with van der Waals surface area (Å²) in [6.07, 6.45) is 3.54. The zero-order valence-corrected chi connectivity index (χ0v) is 7.82. The fraction of sp³-hybridized carbons (Fsp3) is 0. The molecule has 2 aromatic heterocycles. The average molecular weight is 215 g/mol. The number of pyridine rings is 2. The number of aromatic nitrogens is 2. The summed E-state index contributed by atoms with van der Waals surface area (Å²) in [5.41, 5.74) is 1.83. The molecule has 0 aliphatic carbocycles. The summed E-state index contributed by atoms with van der Waals surface area (Å²) in [7, 11) is 0. The topological polar surface area (TPSA) is 25.8 Å². The van der Waals surface area contributed by atoms with Crippen molar-refractivity contribution in [3.05, 3.63) is 48.8 Å². The van der Waals surface area contributed by atoms with Crippen LogP contribution in [0.5, 0.6) is 0 Å². The Bertz CT molecular complexity index is 310. The van der Waals surface area contributed by atoms with Crippen molar-refractivity contribution < 1.29 is 16.5 Å². The van der Waals surface area contributed by atoms with Crippen molar-refractivity contribution in [3.63, 3.8) is 0 Å². The van der Waals surface area contributed by atoms with E-state index in [9.17, 15) is 0 Å². The van der Waals surface area contributed by atoms with E-state index in [2.05, 4.69) is 9.97 Å². The van der Waals surface area contributed by atoms with Gasteiger partial charge in [0.05, 0.1) is 11.4 Å². The van der Waals surface area contributed by atoms with Crippen molar-refractivity contribution >= 4 is 0 Å². The fourth-order valence-electron chi connectivity index (χ4n) is 1.03. The Hall–Kier alpha value is -1.21. The van der Waals surface area contributed by atoms with Crippen molar-refractivity contribution in [1.82, 2.24) is 9.97 Å². The molecular formula is C10H8N2Ni+2. The molecule has 0 bridgehead atoms. The second-order valence-corrected chi connectivity index (χ2v) is 2.43. The summed E-state index contributed by atoms with van der Waals surface area (Å²) >= 11 is 0. The van der Waals surface area contributed by atoms with Crippen LogP contribution in [0.1, 0.15) is 0 Å². The van der Waals surface area contributed by atoms with Crippen molar-refractivity contribution in [2.24, 2.45) is 0 Å². The first-order valence-corrected chi connectivity index (χ1v) is 3.79. The molecule has 0 atom stereocenters. The summed E-state index contributed by atoms with van der Waals surface area (Å²) in [5, 5.41) is 0. The Morgan fingerprint density at radius 1 is 0.692 bits per heavy atom. The Morgan fingerprint density at radius 3 is 1.46 bits per heavy atom. The van der Waals surface area contributed by atoms with Gasteiger partial charge in [0.2, 0.25) is 0 Å². The van der Waals surface area contributed by atoms with Gasteiger partial charge in [0, 0.05) is 12.4 Å². The first-order chi connectivity index (χ1) is 5.97. The molecule has 2 nitrogen and oxygen atoms in total. The second-order valence-electron chi connectivity index (χ2n) is 2.43. The Morgan fingerprint density at radius 2 is 1.15 bits per heavy atom. The minimum atomic E-state index is 0. The summed E-state index contributed by atoms with van der Waals surface area (Å²) in [4.78, 5) is 8.37. The van der Waals surface area contributed by atoms with E-state index in [-0.39, 0.29) is 16.5 Å². The van der Waals surface area contributed by atoms with Gasteiger partial charge in [-0.3, -0.25) is 9.97 Å². The molecule has 0 spiro atoms. The first kappa shape index (κ1) is 9.88. The molecule has 0 saturated carbocycles. The van der Waals surface area contributed by atoms with Gasteiger partial charge in [-0.15, -0.1) is 0 Å². The SMILES string of the molecule is [Ni+2].c1ccc(-c2ccccn2)nc1. The van der Waals surface area contributed by atoms with Gasteiger partial charge in [0.15, 0.2) is 0 Å². The van der Waals surface area contributed by atoms with Gasteiger partial charge in [-0.1, -0.05) is 12.1 Å².